The lowest BCUT2D eigenvalue weighted by Crippen LogP contribution is -2.27. The normalized spacial score (nSPS) is 25.7. The first-order valence-electron chi connectivity index (χ1n) is 7.13. The molecule has 0 aliphatic carbocycles. The Balaban J connectivity index is 1.86. The van der Waals surface area contributed by atoms with Crippen LogP contribution in [0.1, 0.15) is 35.9 Å². The topological polar surface area (TPSA) is 36.3 Å². The van der Waals surface area contributed by atoms with Gasteiger partial charge in [0.05, 0.1) is 11.6 Å². The number of likely N-dealkylation sites (N-methyl/N-ethyl adjacent to an activating group) is 1. The molecule has 3 atom stereocenters. The molecule has 0 radical (unpaired) electrons. The van der Waals surface area contributed by atoms with Crippen LogP contribution >= 0.6 is 0 Å². The molecule has 1 aliphatic rings. The van der Waals surface area contributed by atoms with Crippen LogP contribution < -0.4 is 0 Å². The van der Waals surface area contributed by atoms with Crippen molar-refractivity contribution in [2.75, 3.05) is 7.05 Å². The number of nitriles is 1. The van der Waals surface area contributed by atoms with Gasteiger partial charge in [-0.1, -0.05) is 42.5 Å². The minimum Gasteiger partial charge on any atom is -0.349 e. The van der Waals surface area contributed by atoms with Crippen molar-refractivity contribution in [1.29, 1.82) is 5.26 Å². The molecule has 0 bridgehead atoms. The summed E-state index contributed by atoms with van der Waals surface area (Å²) in [5, 5.41) is 8.89. The van der Waals surface area contributed by atoms with Gasteiger partial charge in [-0.3, -0.25) is 4.90 Å². The molecular formula is C18H18N2O. The van der Waals surface area contributed by atoms with E-state index in [1.807, 2.05) is 42.5 Å². The third-order valence-corrected chi connectivity index (χ3v) is 4.18. The Bertz CT molecular complexity index is 645. The Hall–Kier alpha value is -2.15. The zero-order chi connectivity index (χ0) is 14.8. The summed E-state index contributed by atoms with van der Waals surface area (Å²) in [7, 11) is 2.08. The molecule has 3 heteroatoms. The van der Waals surface area contributed by atoms with Gasteiger partial charge in [0, 0.05) is 6.04 Å². The average Bonchev–Trinajstić information content (AvgIpc) is 2.84. The Morgan fingerprint density at radius 1 is 1.00 bits per heavy atom. The minimum atomic E-state index is -0.0713. The zero-order valence-electron chi connectivity index (χ0n) is 12.2. The van der Waals surface area contributed by atoms with Crippen LogP contribution in [-0.2, 0) is 4.74 Å². The third-order valence-electron chi connectivity index (χ3n) is 4.18. The quantitative estimate of drug-likeness (QED) is 0.841. The van der Waals surface area contributed by atoms with E-state index in [1.165, 1.54) is 5.56 Å². The highest BCUT2D eigenvalue weighted by atomic mass is 16.5. The molecule has 2 aromatic carbocycles. The Morgan fingerprint density at radius 2 is 1.67 bits per heavy atom. The maximum absolute atomic E-state index is 8.89. The average molecular weight is 278 g/mol. The van der Waals surface area contributed by atoms with Crippen molar-refractivity contribution >= 4 is 0 Å². The van der Waals surface area contributed by atoms with Gasteiger partial charge < -0.3 is 4.74 Å². The lowest BCUT2D eigenvalue weighted by Gasteiger charge is -2.21. The van der Waals surface area contributed by atoms with E-state index in [1.54, 1.807) is 0 Å². The molecule has 0 saturated carbocycles. The van der Waals surface area contributed by atoms with Gasteiger partial charge in [0.1, 0.15) is 12.3 Å². The van der Waals surface area contributed by atoms with E-state index in [0.29, 0.717) is 11.6 Å². The van der Waals surface area contributed by atoms with Crippen LogP contribution in [0, 0.1) is 11.3 Å². The van der Waals surface area contributed by atoms with Gasteiger partial charge in [-0.15, -0.1) is 0 Å². The standard InChI is InChI=1S/C18H18N2O/c1-13-17(15-6-4-3-5-7-15)21-18(20(13)2)16-10-8-14(12-19)9-11-16/h3-11,13,17-18H,1-2H3/t13-,17+,18-/m1/s1. The smallest absolute Gasteiger partial charge is 0.137 e. The van der Waals surface area contributed by atoms with Crippen molar-refractivity contribution in [3.05, 3.63) is 71.3 Å². The molecule has 2 aromatic rings. The van der Waals surface area contributed by atoms with Crippen molar-refractivity contribution in [3.8, 4) is 6.07 Å². The summed E-state index contributed by atoms with van der Waals surface area (Å²) >= 11 is 0. The highest BCUT2D eigenvalue weighted by molar-refractivity contribution is 5.33. The summed E-state index contributed by atoms with van der Waals surface area (Å²) in [5.41, 5.74) is 2.96. The number of benzene rings is 2. The highest BCUT2D eigenvalue weighted by Crippen LogP contribution is 2.40. The van der Waals surface area contributed by atoms with Crippen molar-refractivity contribution in [1.82, 2.24) is 4.90 Å². The fourth-order valence-corrected chi connectivity index (χ4v) is 2.81. The first-order chi connectivity index (χ1) is 10.2. The number of hydrogen-bond donors (Lipinski definition) is 0. The second-order valence-electron chi connectivity index (χ2n) is 5.46. The molecule has 1 saturated heterocycles. The molecule has 0 amide bonds. The van der Waals surface area contributed by atoms with Gasteiger partial charge in [-0.2, -0.15) is 5.26 Å². The third kappa shape index (κ3) is 2.56. The zero-order valence-corrected chi connectivity index (χ0v) is 12.2. The molecular weight excluding hydrogens is 260 g/mol. The van der Waals surface area contributed by atoms with Crippen LogP contribution in [0.2, 0.25) is 0 Å². The summed E-state index contributed by atoms with van der Waals surface area (Å²) < 4.78 is 6.27. The van der Waals surface area contributed by atoms with Crippen molar-refractivity contribution in [2.24, 2.45) is 0 Å². The summed E-state index contributed by atoms with van der Waals surface area (Å²) in [6, 6.07) is 20.4. The minimum absolute atomic E-state index is 0.0665. The monoisotopic (exact) mass is 278 g/mol. The van der Waals surface area contributed by atoms with Crippen molar-refractivity contribution in [3.63, 3.8) is 0 Å². The first-order valence-corrected chi connectivity index (χ1v) is 7.13. The maximum atomic E-state index is 8.89. The summed E-state index contributed by atoms with van der Waals surface area (Å²) in [5.74, 6) is 0. The molecule has 3 rings (SSSR count). The molecule has 0 unspecified atom stereocenters. The molecule has 0 spiro atoms. The predicted molar refractivity (Wildman–Crippen MR) is 81.4 cm³/mol. The summed E-state index contributed by atoms with van der Waals surface area (Å²) in [6.45, 7) is 2.18. The van der Waals surface area contributed by atoms with Gasteiger partial charge in [0.15, 0.2) is 0 Å². The predicted octanol–water partition coefficient (Wildman–Crippen LogP) is 3.65. The Labute approximate surface area is 125 Å². The van der Waals surface area contributed by atoms with Crippen LogP contribution in [0.25, 0.3) is 0 Å². The van der Waals surface area contributed by atoms with Gasteiger partial charge >= 0.3 is 0 Å². The molecule has 1 aliphatic heterocycles. The van der Waals surface area contributed by atoms with E-state index in [-0.39, 0.29) is 12.3 Å². The van der Waals surface area contributed by atoms with E-state index in [9.17, 15) is 0 Å². The van der Waals surface area contributed by atoms with Crippen molar-refractivity contribution in [2.45, 2.75) is 25.3 Å². The summed E-state index contributed by atoms with van der Waals surface area (Å²) in [6.07, 6.45) is -0.00482. The SMILES string of the molecule is C[C@@H]1[C@@H](c2ccccc2)O[C@H](c2ccc(C#N)cc2)N1C. The molecule has 3 nitrogen and oxygen atoms in total. The van der Waals surface area contributed by atoms with E-state index < -0.39 is 0 Å². The largest absolute Gasteiger partial charge is 0.349 e. The van der Waals surface area contributed by atoms with E-state index in [0.717, 1.165) is 5.56 Å². The second kappa shape index (κ2) is 5.69. The van der Waals surface area contributed by atoms with E-state index in [4.69, 9.17) is 10.00 Å². The van der Waals surface area contributed by atoms with Gasteiger partial charge in [-0.25, -0.2) is 0 Å². The van der Waals surface area contributed by atoms with Gasteiger partial charge in [0.2, 0.25) is 0 Å². The Kier molecular flexibility index (Phi) is 3.74. The van der Waals surface area contributed by atoms with Gasteiger partial charge in [-0.05, 0) is 37.2 Å². The number of rotatable bonds is 2. The Morgan fingerprint density at radius 3 is 2.29 bits per heavy atom. The fourth-order valence-electron chi connectivity index (χ4n) is 2.81. The molecule has 0 N–H and O–H groups in total. The van der Waals surface area contributed by atoms with Crippen LogP contribution in [0.15, 0.2) is 54.6 Å². The molecule has 21 heavy (non-hydrogen) atoms. The number of ether oxygens (including phenoxy) is 1. The first kappa shape index (κ1) is 13.8. The van der Waals surface area contributed by atoms with Crippen molar-refractivity contribution < 1.29 is 4.74 Å². The fraction of sp³-hybridized carbons (Fsp3) is 0.278. The highest BCUT2D eigenvalue weighted by Gasteiger charge is 2.38. The van der Waals surface area contributed by atoms with Crippen LogP contribution in [0.5, 0.6) is 0 Å². The number of hydrogen-bond acceptors (Lipinski definition) is 3. The molecule has 0 aromatic heterocycles. The number of nitrogens with zero attached hydrogens (tertiary/aromatic N) is 2. The van der Waals surface area contributed by atoms with Gasteiger partial charge in [0.25, 0.3) is 0 Å². The lowest BCUT2D eigenvalue weighted by atomic mass is 10.0. The van der Waals surface area contributed by atoms with E-state index >= 15 is 0 Å². The van der Waals surface area contributed by atoms with E-state index in [2.05, 4.69) is 37.1 Å². The molecule has 106 valence electrons. The maximum Gasteiger partial charge on any atom is 0.137 e. The molecule has 1 heterocycles. The lowest BCUT2D eigenvalue weighted by molar-refractivity contribution is 0.00560. The molecule has 1 fully saturated rings. The van der Waals surface area contributed by atoms with Crippen LogP contribution in [0.4, 0.5) is 0 Å². The van der Waals surface area contributed by atoms with Crippen LogP contribution in [-0.4, -0.2) is 18.0 Å². The van der Waals surface area contributed by atoms with Crippen LogP contribution in [0.3, 0.4) is 0 Å². The summed E-state index contributed by atoms with van der Waals surface area (Å²) in [4.78, 5) is 2.24. The second-order valence-corrected chi connectivity index (χ2v) is 5.46.